The lowest BCUT2D eigenvalue weighted by Crippen LogP contribution is -2.49. The fraction of sp³-hybridized carbons (Fsp3) is 0.0179. The van der Waals surface area contributed by atoms with Gasteiger partial charge in [0.05, 0.1) is 27.8 Å². The maximum Gasteiger partial charge on any atom is 0.171 e. The Balaban J connectivity index is 1.20. The van der Waals surface area contributed by atoms with E-state index in [0.29, 0.717) is 0 Å². The minimum atomic E-state index is -3.48. The van der Waals surface area contributed by atoms with Gasteiger partial charge < -0.3 is 13.9 Å². The van der Waals surface area contributed by atoms with Gasteiger partial charge in [0.15, 0.2) is 7.14 Å². The third kappa shape index (κ3) is 4.69. The van der Waals surface area contributed by atoms with Gasteiger partial charge in [0.2, 0.25) is 0 Å². The van der Waals surface area contributed by atoms with Gasteiger partial charge >= 0.3 is 0 Å². The molecule has 2 aliphatic heterocycles. The van der Waals surface area contributed by atoms with Crippen LogP contribution in [0.25, 0.3) is 50.0 Å². The molecule has 0 radical (unpaired) electrons. The molecule has 9 aromatic carbocycles. The average molecular weight is 814 g/mol. The number of hydrogen-bond donors (Lipinski definition) is 0. The Morgan fingerprint density at radius 3 is 1.94 bits per heavy atom. The van der Waals surface area contributed by atoms with Crippen LogP contribution in [0.3, 0.4) is 0 Å². The second kappa shape index (κ2) is 13.1. The summed E-state index contributed by atoms with van der Waals surface area (Å²) in [7, 11) is -3.48. The van der Waals surface area contributed by atoms with Crippen LogP contribution in [0, 0.1) is 0 Å². The van der Waals surface area contributed by atoms with Crippen LogP contribution >= 0.6 is 7.14 Å². The number of furan rings is 1. The van der Waals surface area contributed by atoms with E-state index in [0.717, 1.165) is 105 Å². The number of nitrogens with zero attached hydrogens (tertiary/aromatic N) is 3. The first kappa shape index (κ1) is 35.1. The number of para-hydroxylation sites is 6. The number of rotatable bonds is 4. The molecular formula is C56H36N3O2P. The third-order valence-electron chi connectivity index (χ3n) is 13.0. The van der Waals surface area contributed by atoms with Gasteiger partial charge in [-0.3, -0.25) is 4.57 Å². The molecule has 62 heavy (non-hydrogen) atoms. The summed E-state index contributed by atoms with van der Waals surface area (Å²) in [6, 6.07) is 76.2. The molecule has 0 amide bonds. The monoisotopic (exact) mass is 813 g/mol. The number of anilines is 3. The highest BCUT2D eigenvalue weighted by Gasteiger charge is 2.55. The van der Waals surface area contributed by atoms with Gasteiger partial charge in [-0.05, 0) is 89.0 Å². The SMILES string of the molecule is O=P1(c2ccccc2)c2ccccc2C2(c3ccccc3N(c3ccccc3)c3cc(-c4nc5ccccc5n4-c4ccccc4)ccc32)c2cc3c(cc21)oc1ccccc13. The first-order chi connectivity index (χ1) is 30.6. The molecule has 0 aliphatic carbocycles. The van der Waals surface area contributed by atoms with Gasteiger partial charge in [-0.15, -0.1) is 0 Å². The molecule has 292 valence electrons. The van der Waals surface area contributed by atoms with Crippen LogP contribution in [-0.4, -0.2) is 9.55 Å². The van der Waals surface area contributed by atoms with E-state index < -0.39 is 12.6 Å². The fourth-order valence-electron chi connectivity index (χ4n) is 10.5. The summed E-state index contributed by atoms with van der Waals surface area (Å²) in [5.74, 6) is 0.853. The van der Waals surface area contributed by atoms with E-state index in [1.54, 1.807) is 0 Å². The van der Waals surface area contributed by atoms with Gasteiger partial charge in [-0.1, -0.05) is 152 Å². The van der Waals surface area contributed by atoms with Crippen molar-refractivity contribution in [3.8, 4) is 17.1 Å². The highest BCUT2D eigenvalue weighted by molar-refractivity contribution is 7.85. The lowest BCUT2D eigenvalue weighted by molar-refractivity contribution is 0.590. The molecule has 11 aromatic rings. The summed E-state index contributed by atoms with van der Waals surface area (Å²) in [6.07, 6.45) is 0. The molecule has 2 unspecified atom stereocenters. The minimum absolute atomic E-state index is 0.723. The number of hydrogen-bond acceptors (Lipinski definition) is 4. The summed E-state index contributed by atoms with van der Waals surface area (Å²) >= 11 is 0. The molecule has 2 atom stereocenters. The molecule has 4 heterocycles. The van der Waals surface area contributed by atoms with E-state index in [-0.39, 0.29) is 0 Å². The summed E-state index contributed by atoms with van der Waals surface area (Å²) < 4.78 is 25.6. The predicted molar refractivity (Wildman–Crippen MR) is 253 cm³/mol. The zero-order valence-corrected chi connectivity index (χ0v) is 34.3. The summed E-state index contributed by atoms with van der Waals surface area (Å²) in [6.45, 7) is 0. The van der Waals surface area contributed by atoms with Crippen molar-refractivity contribution in [2.45, 2.75) is 5.41 Å². The molecule has 1 spiro atoms. The normalized spacial score (nSPS) is 17.5. The van der Waals surface area contributed by atoms with Crippen LogP contribution in [-0.2, 0) is 9.98 Å². The maximum atomic E-state index is 16.7. The van der Waals surface area contributed by atoms with Crippen molar-refractivity contribution >= 4 is 73.1 Å². The largest absolute Gasteiger partial charge is 0.456 e. The number of fused-ring (bicyclic) bond motifs is 12. The van der Waals surface area contributed by atoms with Crippen molar-refractivity contribution in [2.75, 3.05) is 4.90 Å². The van der Waals surface area contributed by atoms with Crippen LogP contribution in [0.2, 0.25) is 0 Å². The Bertz CT molecular complexity index is 3630. The quantitative estimate of drug-likeness (QED) is 0.166. The molecule has 5 nitrogen and oxygen atoms in total. The Morgan fingerprint density at radius 1 is 0.468 bits per heavy atom. The Labute approximate surface area is 358 Å². The van der Waals surface area contributed by atoms with E-state index in [1.807, 2.05) is 60.7 Å². The number of aromatic nitrogens is 2. The van der Waals surface area contributed by atoms with Crippen molar-refractivity contribution in [2.24, 2.45) is 0 Å². The first-order valence-corrected chi connectivity index (χ1v) is 22.7. The Hall–Kier alpha value is -7.72. The molecule has 0 bridgehead atoms. The highest BCUT2D eigenvalue weighted by atomic mass is 31.2. The van der Waals surface area contributed by atoms with Crippen molar-refractivity contribution < 1.29 is 8.98 Å². The van der Waals surface area contributed by atoms with E-state index in [9.17, 15) is 0 Å². The molecule has 2 aliphatic rings. The standard InChI is InChI=1S/C56H36N3O2P/c60-62(40-22-8-3-9-23-40)53-31-17-12-26-45(53)56(46-35-42-41-24-10-16-30-51(41)61-52(42)36-54(46)62)43-25-11-14-28-48(43)58(38-18-4-1-5-19-38)50-34-37(32-33-44(50)56)55-57-47-27-13-15-29-49(47)59(55)39-20-6-2-7-21-39/h1-36H. The van der Waals surface area contributed by atoms with E-state index in [4.69, 9.17) is 9.40 Å². The Kier molecular flexibility index (Phi) is 7.43. The zero-order chi connectivity index (χ0) is 41.0. The average Bonchev–Trinajstić information content (AvgIpc) is 3.92. The van der Waals surface area contributed by atoms with Crippen molar-refractivity contribution in [1.82, 2.24) is 9.55 Å². The molecule has 0 fully saturated rings. The smallest absolute Gasteiger partial charge is 0.171 e. The molecule has 2 aromatic heterocycles. The second-order valence-corrected chi connectivity index (χ2v) is 18.9. The predicted octanol–water partition coefficient (Wildman–Crippen LogP) is 12.7. The van der Waals surface area contributed by atoms with Crippen LogP contribution in [0.4, 0.5) is 17.1 Å². The fourth-order valence-corrected chi connectivity index (χ4v) is 13.7. The first-order valence-electron chi connectivity index (χ1n) is 21.0. The van der Waals surface area contributed by atoms with Gasteiger partial charge in [-0.2, -0.15) is 0 Å². The Morgan fingerprint density at radius 2 is 1.11 bits per heavy atom. The van der Waals surface area contributed by atoms with Gasteiger partial charge in [0, 0.05) is 43.6 Å². The van der Waals surface area contributed by atoms with E-state index in [1.165, 1.54) is 0 Å². The summed E-state index contributed by atoms with van der Waals surface area (Å²) in [4.78, 5) is 7.73. The highest BCUT2D eigenvalue weighted by Crippen LogP contribution is 2.63. The van der Waals surface area contributed by atoms with Gasteiger partial charge in [0.1, 0.15) is 17.0 Å². The molecule has 13 rings (SSSR count). The van der Waals surface area contributed by atoms with Crippen molar-refractivity contribution in [1.29, 1.82) is 0 Å². The number of imidazole rings is 1. The molecule has 0 saturated carbocycles. The molecule has 0 saturated heterocycles. The molecule has 6 heteroatoms. The van der Waals surface area contributed by atoms with Crippen LogP contribution in [0.5, 0.6) is 0 Å². The third-order valence-corrected chi connectivity index (χ3v) is 16.2. The van der Waals surface area contributed by atoms with E-state index in [2.05, 4.69) is 167 Å². The zero-order valence-electron chi connectivity index (χ0n) is 33.4. The molecular weight excluding hydrogens is 778 g/mol. The van der Waals surface area contributed by atoms with Crippen molar-refractivity contribution in [3.05, 3.63) is 241 Å². The van der Waals surface area contributed by atoms with Crippen LogP contribution in [0.15, 0.2) is 223 Å². The minimum Gasteiger partial charge on any atom is -0.456 e. The maximum absolute atomic E-state index is 16.7. The van der Waals surface area contributed by atoms with Gasteiger partial charge in [0.25, 0.3) is 0 Å². The summed E-state index contributed by atoms with van der Waals surface area (Å²) in [5, 5.41) is 4.44. The second-order valence-electron chi connectivity index (χ2n) is 16.2. The lowest BCUT2D eigenvalue weighted by Gasteiger charge is -2.50. The van der Waals surface area contributed by atoms with E-state index >= 15 is 4.57 Å². The van der Waals surface area contributed by atoms with Gasteiger partial charge in [-0.25, -0.2) is 4.98 Å². The molecule has 0 N–H and O–H groups in total. The van der Waals surface area contributed by atoms with Crippen molar-refractivity contribution in [3.63, 3.8) is 0 Å². The lowest BCUT2D eigenvalue weighted by atomic mass is 9.62. The van der Waals surface area contributed by atoms with Crippen LogP contribution in [0.1, 0.15) is 22.3 Å². The van der Waals surface area contributed by atoms with Crippen LogP contribution < -0.4 is 20.8 Å². The topological polar surface area (TPSA) is 51.3 Å². The number of benzene rings is 9. The summed E-state index contributed by atoms with van der Waals surface area (Å²) in [5.41, 5.74) is 11.9.